The largest absolute Gasteiger partial charge is 0.409 e. The first-order chi connectivity index (χ1) is 17.8. The maximum absolute atomic E-state index is 14.0. The molecule has 0 fully saturated rings. The zero-order valence-electron chi connectivity index (χ0n) is 23.1. The lowest BCUT2D eigenvalue weighted by Gasteiger charge is -2.33. The molecule has 0 radical (unpaired) electrons. The van der Waals surface area contributed by atoms with Gasteiger partial charge in [0.15, 0.2) is 0 Å². The summed E-state index contributed by atoms with van der Waals surface area (Å²) >= 11 is 0. The Balaban J connectivity index is 1.88. The van der Waals surface area contributed by atoms with Crippen LogP contribution in [0.2, 0.25) is 5.11 Å². The van der Waals surface area contributed by atoms with E-state index in [9.17, 15) is 22.8 Å². The van der Waals surface area contributed by atoms with Crippen LogP contribution in [0.25, 0.3) is 11.3 Å². The molecule has 5 N–H and O–H groups in total. The molecule has 1 aromatic carbocycles. The molecular weight excluding hydrogens is 510 g/mol. The molecule has 2 unspecified atom stereocenters. The fourth-order valence-electron chi connectivity index (χ4n) is 4.39. The molecule has 9 nitrogen and oxygen atoms in total. The fourth-order valence-corrected chi connectivity index (χ4v) is 4.39. The summed E-state index contributed by atoms with van der Waals surface area (Å²) in [6.45, 7) is 7.89. The molecule has 0 aliphatic rings. The van der Waals surface area contributed by atoms with Gasteiger partial charge in [0, 0.05) is 11.6 Å². The molecule has 0 aliphatic carbocycles. The van der Waals surface area contributed by atoms with Crippen LogP contribution >= 0.6 is 0 Å². The van der Waals surface area contributed by atoms with Crippen LogP contribution in [-0.2, 0) is 11.2 Å². The Morgan fingerprint density at radius 2 is 1.72 bits per heavy atom. The number of nitrogens with one attached hydrogen (secondary N) is 1. The van der Waals surface area contributed by atoms with E-state index in [0.29, 0.717) is 22.2 Å². The topological polar surface area (TPSA) is 142 Å². The summed E-state index contributed by atoms with van der Waals surface area (Å²) in [5, 5.41) is 9.48. The van der Waals surface area contributed by atoms with Gasteiger partial charge in [-0.1, -0.05) is 55.3 Å². The molecule has 0 spiro atoms. The number of nitrogens with two attached hydrogens (primary N) is 2. The molecule has 0 aliphatic heterocycles. The van der Waals surface area contributed by atoms with Crippen LogP contribution in [0.1, 0.15) is 61.3 Å². The van der Waals surface area contributed by atoms with Crippen molar-refractivity contribution in [3.63, 3.8) is 0 Å². The van der Waals surface area contributed by atoms with Crippen molar-refractivity contribution in [2.45, 2.75) is 57.4 Å². The van der Waals surface area contributed by atoms with Crippen molar-refractivity contribution >= 4 is 47.1 Å². The number of anilines is 2. The van der Waals surface area contributed by atoms with E-state index in [1.807, 2.05) is 0 Å². The number of carbonyl (C=O) groups is 2. The second-order valence-electron chi connectivity index (χ2n) is 12.0. The summed E-state index contributed by atoms with van der Waals surface area (Å²) in [4.78, 5) is 25.0. The Labute approximate surface area is 227 Å². The second kappa shape index (κ2) is 10.5. The first-order valence-corrected chi connectivity index (χ1v) is 12.4. The Morgan fingerprint density at radius 3 is 2.21 bits per heavy atom. The zero-order chi connectivity index (χ0) is 29.5. The third kappa shape index (κ3) is 6.87. The third-order valence-corrected chi connectivity index (χ3v) is 6.16. The van der Waals surface area contributed by atoms with Crippen LogP contribution in [0, 0.1) is 5.41 Å². The van der Waals surface area contributed by atoms with Gasteiger partial charge in [-0.05, 0) is 24.3 Å². The third-order valence-electron chi connectivity index (χ3n) is 6.16. The van der Waals surface area contributed by atoms with Gasteiger partial charge in [0.25, 0.3) is 5.91 Å². The molecule has 0 bridgehead atoms. The van der Waals surface area contributed by atoms with Gasteiger partial charge in [-0.3, -0.25) is 14.9 Å². The van der Waals surface area contributed by atoms with Gasteiger partial charge in [0.05, 0.1) is 35.2 Å². The highest BCUT2D eigenvalue weighted by molar-refractivity contribution is 6.59. The van der Waals surface area contributed by atoms with Crippen LogP contribution < -0.4 is 16.8 Å². The van der Waals surface area contributed by atoms with Gasteiger partial charge in [-0.2, -0.15) is 18.3 Å². The van der Waals surface area contributed by atoms with Gasteiger partial charge >= 0.3 is 6.18 Å². The number of amides is 2. The summed E-state index contributed by atoms with van der Waals surface area (Å²) < 4.78 is 47.8. The zero-order valence-corrected chi connectivity index (χ0v) is 23.1. The molecule has 15 heteroatoms. The van der Waals surface area contributed by atoms with E-state index in [4.69, 9.17) is 16.0 Å². The number of alkyl halides is 3. The number of nitrogens with zero attached hydrogens (tertiary/aromatic N) is 3. The Kier molecular flexibility index (Phi) is 8.05. The molecule has 3 rings (SSSR count). The normalized spacial score (nSPS) is 14.1. The Morgan fingerprint density at radius 1 is 1.13 bits per heavy atom. The van der Waals surface area contributed by atoms with Crippen molar-refractivity contribution in [3.05, 3.63) is 47.2 Å². The molecule has 0 saturated heterocycles. The van der Waals surface area contributed by atoms with Gasteiger partial charge in [0.1, 0.15) is 23.1 Å². The lowest BCUT2D eigenvalue weighted by atomic mass is 9.39. The van der Waals surface area contributed by atoms with E-state index in [1.165, 1.54) is 23.5 Å². The van der Waals surface area contributed by atoms with Crippen LogP contribution in [-0.4, -0.2) is 56.5 Å². The SMILES string of the molecule is BC(B)(B)C(n1nc(-c2ccc(C(C)C(=O)Nc3cc(CC(C)(C)C)no3)cc2)c(C(N)=O)c1N)C(F)(F)F. The standard InChI is InChI=1S/C24H32B3F3N6O3/c1-11(20(38)33-15-9-14(35-39-15)10-22(2,3)4)12-5-7-13(8-6-12)17-16(19(32)37)18(31)36(34-17)21(23(25,26)27)24(28,29)30/h5-9,11,21H,10,25-27,31H2,1-4H3,(H2,32,37)(H,33,38). The second-order valence-corrected chi connectivity index (χ2v) is 12.0. The first kappa shape index (κ1) is 29.9. The number of aromatic nitrogens is 3. The number of benzene rings is 1. The van der Waals surface area contributed by atoms with Crippen LogP contribution in [0.5, 0.6) is 0 Å². The number of carbonyl (C=O) groups excluding carboxylic acids is 2. The van der Waals surface area contributed by atoms with Crippen LogP contribution in [0.3, 0.4) is 0 Å². The van der Waals surface area contributed by atoms with Crippen molar-refractivity contribution in [2.75, 3.05) is 11.1 Å². The summed E-state index contributed by atoms with van der Waals surface area (Å²) in [6, 6.07) is 5.92. The lowest BCUT2D eigenvalue weighted by Crippen LogP contribution is -2.40. The molecule has 2 atom stereocenters. The van der Waals surface area contributed by atoms with Crippen molar-refractivity contribution in [1.82, 2.24) is 14.9 Å². The number of hydrogen-bond donors (Lipinski definition) is 3. The lowest BCUT2D eigenvalue weighted by molar-refractivity contribution is -0.169. The summed E-state index contributed by atoms with van der Waals surface area (Å²) in [5.74, 6) is -2.19. The fraction of sp³-hybridized carbons (Fsp3) is 0.417. The minimum Gasteiger partial charge on any atom is -0.383 e. The number of halogens is 3. The van der Waals surface area contributed by atoms with Gasteiger partial charge in [-0.15, -0.1) is 0 Å². The molecule has 206 valence electrons. The monoisotopic (exact) mass is 542 g/mol. The highest BCUT2D eigenvalue weighted by Crippen LogP contribution is 2.45. The minimum absolute atomic E-state index is 0.00245. The van der Waals surface area contributed by atoms with E-state index < -0.39 is 35.0 Å². The average molecular weight is 542 g/mol. The Bertz CT molecular complexity index is 1340. The van der Waals surface area contributed by atoms with Crippen LogP contribution in [0.15, 0.2) is 34.9 Å². The highest BCUT2D eigenvalue weighted by atomic mass is 19.4. The average Bonchev–Trinajstić information content (AvgIpc) is 3.34. The maximum Gasteiger partial charge on any atom is 0.409 e. The van der Waals surface area contributed by atoms with E-state index >= 15 is 0 Å². The van der Waals surface area contributed by atoms with Crippen molar-refractivity contribution in [2.24, 2.45) is 11.1 Å². The predicted molar refractivity (Wildman–Crippen MR) is 151 cm³/mol. The molecule has 39 heavy (non-hydrogen) atoms. The quantitative estimate of drug-likeness (QED) is 0.370. The van der Waals surface area contributed by atoms with E-state index in [2.05, 4.69) is 36.3 Å². The van der Waals surface area contributed by atoms with E-state index in [1.54, 1.807) is 37.3 Å². The number of primary amides is 1. The maximum atomic E-state index is 14.0. The smallest absolute Gasteiger partial charge is 0.383 e. The number of hydrogen-bond acceptors (Lipinski definition) is 6. The summed E-state index contributed by atoms with van der Waals surface area (Å²) in [5.41, 5.74) is 12.8. The summed E-state index contributed by atoms with van der Waals surface area (Å²) in [7, 11) is 4.21. The number of nitrogen functional groups attached to an aromatic ring is 1. The molecular formula is C24H32B3F3N6O3. The predicted octanol–water partition coefficient (Wildman–Crippen LogP) is 1.63. The molecule has 2 heterocycles. The first-order valence-electron chi connectivity index (χ1n) is 12.4. The van der Waals surface area contributed by atoms with E-state index in [-0.39, 0.29) is 28.5 Å². The van der Waals surface area contributed by atoms with Gasteiger partial charge in [0.2, 0.25) is 11.8 Å². The van der Waals surface area contributed by atoms with Crippen LogP contribution in [0.4, 0.5) is 24.9 Å². The minimum atomic E-state index is -4.69. The Hall–Kier alpha value is -3.64. The van der Waals surface area contributed by atoms with E-state index in [0.717, 1.165) is 5.69 Å². The van der Waals surface area contributed by atoms with Crippen molar-refractivity contribution in [3.8, 4) is 11.3 Å². The number of rotatable bonds is 8. The molecule has 2 amide bonds. The van der Waals surface area contributed by atoms with Crippen molar-refractivity contribution in [1.29, 1.82) is 0 Å². The molecule has 2 aromatic heterocycles. The summed E-state index contributed by atoms with van der Waals surface area (Å²) in [6.07, 6.45) is -4.01. The molecule has 0 saturated carbocycles. The van der Waals surface area contributed by atoms with Gasteiger partial charge in [-0.25, -0.2) is 4.68 Å². The van der Waals surface area contributed by atoms with Gasteiger partial charge < -0.3 is 16.0 Å². The van der Waals surface area contributed by atoms with Crippen molar-refractivity contribution < 1.29 is 27.3 Å². The highest BCUT2D eigenvalue weighted by Gasteiger charge is 2.49. The molecule has 3 aromatic rings.